The number of rotatable bonds is 4. The monoisotopic (exact) mass is 348 g/mol. The van der Waals surface area contributed by atoms with E-state index in [-0.39, 0.29) is 11.9 Å². The third kappa shape index (κ3) is 3.18. The Labute approximate surface area is 152 Å². The van der Waals surface area contributed by atoms with Crippen LogP contribution in [0.5, 0.6) is 5.75 Å². The van der Waals surface area contributed by atoms with Crippen LogP contribution in [-0.4, -0.2) is 46.0 Å². The van der Waals surface area contributed by atoms with Crippen molar-refractivity contribution < 1.29 is 9.53 Å². The lowest BCUT2D eigenvalue weighted by Crippen LogP contribution is -2.29. The molecule has 0 bridgehead atoms. The van der Waals surface area contributed by atoms with E-state index in [4.69, 9.17) is 4.74 Å². The summed E-state index contributed by atoms with van der Waals surface area (Å²) in [4.78, 5) is 16.3. The van der Waals surface area contributed by atoms with Crippen molar-refractivity contribution >= 4 is 5.91 Å². The second-order valence-corrected chi connectivity index (χ2v) is 6.35. The van der Waals surface area contributed by atoms with Gasteiger partial charge in [0.05, 0.1) is 25.5 Å². The summed E-state index contributed by atoms with van der Waals surface area (Å²) in [6, 6.07) is 15.8. The molecule has 1 saturated heterocycles. The van der Waals surface area contributed by atoms with Crippen molar-refractivity contribution in [3.05, 3.63) is 66.5 Å². The van der Waals surface area contributed by atoms with Crippen LogP contribution >= 0.6 is 0 Å². The molecule has 1 amide bonds. The van der Waals surface area contributed by atoms with Gasteiger partial charge in [-0.15, -0.1) is 0 Å². The molecule has 6 nitrogen and oxygen atoms in total. The summed E-state index contributed by atoms with van der Waals surface area (Å²) in [6.07, 6.45) is 4.21. The molecule has 0 spiro atoms. The molecule has 1 unspecified atom stereocenters. The molecule has 0 N–H and O–H groups in total. The lowest BCUT2D eigenvalue weighted by molar-refractivity contribution is 0.0786. The van der Waals surface area contributed by atoms with Gasteiger partial charge in [-0.05, 0) is 41.8 Å². The highest BCUT2D eigenvalue weighted by Crippen LogP contribution is 2.26. The average Bonchev–Trinajstić information content (AvgIpc) is 3.39. The number of amides is 1. The number of hydrogen-bond donors (Lipinski definition) is 0. The van der Waals surface area contributed by atoms with E-state index < -0.39 is 0 Å². The fourth-order valence-electron chi connectivity index (χ4n) is 3.32. The molecular weight excluding hydrogens is 328 g/mol. The van der Waals surface area contributed by atoms with Gasteiger partial charge in [-0.1, -0.05) is 24.3 Å². The number of likely N-dealkylation sites (tertiary alicyclic amines) is 1. The van der Waals surface area contributed by atoms with E-state index in [1.807, 2.05) is 53.4 Å². The molecule has 132 valence electrons. The number of ether oxygens (including phenoxy) is 1. The molecule has 1 aliphatic rings. The first kappa shape index (κ1) is 16.3. The predicted molar refractivity (Wildman–Crippen MR) is 98.0 cm³/mol. The van der Waals surface area contributed by atoms with E-state index in [1.54, 1.807) is 24.3 Å². The summed E-state index contributed by atoms with van der Waals surface area (Å²) < 4.78 is 5.27. The minimum absolute atomic E-state index is 0.0526. The zero-order valence-corrected chi connectivity index (χ0v) is 14.6. The summed E-state index contributed by atoms with van der Waals surface area (Å²) in [5.74, 6) is 0.870. The fourth-order valence-corrected chi connectivity index (χ4v) is 3.32. The van der Waals surface area contributed by atoms with Crippen LogP contribution in [0.1, 0.15) is 22.8 Å². The van der Waals surface area contributed by atoms with Crippen LogP contribution in [0.3, 0.4) is 0 Å². The minimum atomic E-state index is 0.0526. The van der Waals surface area contributed by atoms with E-state index in [2.05, 4.69) is 10.2 Å². The number of benzene rings is 2. The summed E-state index contributed by atoms with van der Waals surface area (Å²) in [7, 11) is 1.66. The number of methoxy groups -OCH3 is 1. The van der Waals surface area contributed by atoms with E-state index in [0.29, 0.717) is 12.1 Å². The molecule has 0 saturated carbocycles. The van der Waals surface area contributed by atoms with Crippen molar-refractivity contribution in [3.63, 3.8) is 0 Å². The first-order chi connectivity index (χ1) is 12.7. The molecule has 1 fully saturated rings. The molecule has 26 heavy (non-hydrogen) atoms. The zero-order valence-electron chi connectivity index (χ0n) is 14.6. The van der Waals surface area contributed by atoms with Gasteiger partial charge in [0.15, 0.2) is 0 Å². The Morgan fingerprint density at radius 3 is 2.58 bits per heavy atom. The van der Waals surface area contributed by atoms with Crippen molar-refractivity contribution in [2.45, 2.75) is 12.5 Å². The summed E-state index contributed by atoms with van der Waals surface area (Å²) >= 11 is 0. The van der Waals surface area contributed by atoms with Gasteiger partial charge in [-0.3, -0.25) is 4.79 Å². The van der Waals surface area contributed by atoms with Crippen molar-refractivity contribution in [2.24, 2.45) is 0 Å². The van der Waals surface area contributed by atoms with Gasteiger partial charge in [0.1, 0.15) is 5.75 Å². The molecule has 4 rings (SSSR count). The Balaban J connectivity index is 1.47. The fraction of sp³-hybridized carbons (Fsp3) is 0.250. The lowest BCUT2D eigenvalue weighted by atomic mass is 10.0. The van der Waals surface area contributed by atoms with Crippen molar-refractivity contribution in [1.29, 1.82) is 0 Å². The second-order valence-electron chi connectivity index (χ2n) is 6.35. The van der Waals surface area contributed by atoms with Crippen molar-refractivity contribution in [2.75, 3.05) is 20.2 Å². The number of carbonyl (C=O) groups is 1. The SMILES string of the molecule is COc1cccc(-c2ccc(C(=O)N3CCC(n4nccn4)C3)cc2)c1. The van der Waals surface area contributed by atoms with Crippen LogP contribution in [0, 0.1) is 0 Å². The Morgan fingerprint density at radius 1 is 1.08 bits per heavy atom. The first-order valence-electron chi connectivity index (χ1n) is 8.64. The van der Waals surface area contributed by atoms with Gasteiger partial charge in [0.25, 0.3) is 5.91 Å². The van der Waals surface area contributed by atoms with Crippen LogP contribution in [0.15, 0.2) is 60.9 Å². The van der Waals surface area contributed by atoms with Crippen LogP contribution < -0.4 is 4.74 Å². The molecule has 1 aromatic heterocycles. The number of aromatic nitrogens is 3. The Kier molecular flexibility index (Phi) is 4.39. The van der Waals surface area contributed by atoms with Crippen LogP contribution in [0.4, 0.5) is 0 Å². The van der Waals surface area contributed by atoms with Crippen LogP contribution in [0.2, 0.25) is 0 Å². The topological polar surface area (TPSA) is 60.2 Å². The normalized spacial score (nSPS) is 16.7. The van der Waals surface area contributed by atoms with Gasteiger partial charge in [0, 0.05) is 18.7 Å². The standard InChI is InChI=1S/C20H20N4O2/c1-26-19-4-2-3-17(13-19)15-5-7-16(8-6-15)20(25)23-12-9-18(14-23)24-21-10-11-22-24/h2-8,10-11,13,18H,9,12,14H2,1H3. The molecule has 0 radical (unpaired) electrons. The number of hydrogen-bond acceptors (Lipinski definition) is 4. The third-order valence-corrected chi connectivity index (χ3v) is 4.75. The van der Waals surface area contributed by atoms with E-state index in [9.17, 15) is 4.79 Å². The maximum Gasteiger partial charge on any atom is 0.253 e. The maximum absolute atomic E-state index is 12.8. The highest BCUT2D eigenvalue weighted by molar-refractivity contribution is 5.95. The molecule has 1 atom stereocenters. The summed E-state index contributed by atoms with van der Waals surface area (Å²) in [5.41, 5.74) is 2.82. The Morgan fingerprint density at radius 2 is 1.85 bits per heavy atom. The van der Waals surface area contributed by atoms with Gasteiger partial charge in [-0.2, -0.15) is 15.0 Å². The highest BCUT2D eigenvalue weighted by atomic mass is 16.5. The van der Waals surface area contributed by atoms with E-state index in [1.165, 1.54) is 0 Å². The number of carbonyl (C=O) groups excluding carboxylic acids is 1. The average molecular weight is 348 g/mol. The third-order valence-electron chi connectivity index (χ3n) is 4.75. The van der Waals surface area contributed by atoms with Crippen molar-refractivity contribution in [1.82, 2.24) is 19.9 Å². The van der Waals surface area contributed by atoms with Crippen LogP contribution in [0.25, 0.3) is 11.1 Å². The molecule has 2 heterocycles. The molecule has 1 aliphatic heterocycles. The molecule has 6 heteroatoms. The second kappa shape index (κ2) is 7.00. The zero-order chi connectivity index (χ0) is 17.9. The quantitative estimate of drug-likeness (QED) is 0.727. The highest BCUT2D eigenvalue weighted by Gasteiger charge is 2.28. The first-order valence-corrected chi connectivity index (χ1v) is 8.64. The minimum Gasteiger partial charge on any atom is -0.497 e. The van der Waals surface area contributed by atoms with E-state index >= 15 is 0 Å². The number of nitrogens with zero attached hydrogens (tertiary/aromatic N) is 4. The Bertz CT molecular complexity index is 890. The predicted octanol–water partition coefficient (Wildman–Crippen LogP) is 3.04. The summed E-state index contributed by atoms with van der Waals surface area (Å²) in [6.45, 7) is 1.37. The smallest absolute Gasteiger partial charge is 0.253 e. The van der Waals surface area contributed by atoms with Gasteiger partial charge >= 0.3 is 0 Å². The van der Waals surface area contributed by atoms with Crippen molar-refractivity contribution in [3.8, 4) is 16.9 Å². The molecule has 3 aromatic rings. The lowest BCUT2D eigenvalue weighted by Gasteiger charge is -2.16. The van der Waals surface area contributed by atoms with Gasteiger partial charge in [0.2, 0.25) is 0 Å². The largest absolute Gasteiger partial charge is 0.497 e. The van der Waals surface area contributed by atoms with Crippen LogP contribution in [-0.2, 0) is 0 Å². The molecule has 2 aromatic carbocycles. The maximum atomic E-state index is 12.8. The summed E-state index contributed by atoms with van der Waals surface area (Å²) in [5, 5.41) is 8.36. The molecule has 0 aliphatic carbocycles. The van der Waals surface area contributed by atoms with E-state index in [0.717, 1.165) is 29.8 Å². The molecular formula is C20H20N4O2. The van der Waals surface area contributed by atoms with Gasteiger partial charge in [-0.25, -0.2) is 0 Å². The van der Waals surface area contributed by atoms with Gasteiger partial charge < -0.3 is 9.64 Å². The Hall–Kier alpha value is -3.15.